The number of hydrogen-bond donors (Lipinski definition) is 2. The summed E-state index contributed by atoms with van der Waals surface area (Å²) in [4.78, 5) is 19.3. The van der Waals surface area contributed by atoms with E-state index in [1.165, 1.54) is 0 Å². The zero-order valence-electron chi connectivity index (χ0n) is 10.3. The number of aromatic nitrogens is 2. The number of carbonyl (C=O) groups is 1. The standard InChI is InChI=1S/C15H13N3O/c19-15(18-9-11-5-2-1-3-6-11)13-10-17-14-12(13)7-4-8-16-14/h1-8,10H,9H2,(H,16,17)(H,18,19). The summed E-state index contributed by atoms with van der Waals surface area (Å²) < 4.78 is 0. The molecule has 0 radical (unpaired) electrons. The van der Waals surface area contributed by atoms with Crippen LogP contribution in [0, 0.1) is 0 Å². The third kappa shape index (κ3) is 2.33. The molecule has 1 amide bonds. The molecule has 2 heterocycles. The molecule has 0 aliphatic heterocycles. The topological polar surface area (TPSA) is 57.8 Å². The highest BCUT2D eigenvalue weighted by atomic mass is 16.1. The molecule has 3 rings (SSSR count). The van der Waals surface area contributed by atoms with Gasteiger partial charge in [0.2, 0.25) is 0 Å². The number of benzene rings is 1. The Labute approximate surface area is 110 Å². The van der Waals surface area contributed by atoms with Gasteiger partial charge in [-0.3, -0.25) is 4.79 Å². The Morgan fingerprint density at radius 2 is 2.00 bits per heavy atom. The van der Waals surface area contributed by atoms with E-state index < -0.39 is 0 Å². The van der Waals surface area contributed by atoms with Crippen molar-refractivity contribution in [3.63, 3.8) is 0 Å². The zero-order chi connectivity index (χ0) is 13.1. The second kappa shape index (κ2) is 4.94. The number of carbonyl (C=O) groups excluding carboxylic acids is 1. The maximum atomic E-state index is 12.1. The second-order valence-electron chi connectivity index (χ2n) is 4.27. The summed E-state index contributed by atoms with van der Waals surface area (Å²) in [6.45, 7) is 0.520. The lowest BCUT2D eigenvalue weighted by molar-refractivity contribution is 0.0952. The average molecular weight is 251 g/mol. The second-order valence-corrected chi connectivity index (χ2v) is 4.27. The van der Waals surface area contributed by atoms with Crippen LogP contribution in [0.4, 0.5) is 0 Å². The molecule has 0 aliphatic rings. The first kappa shape index (κ1) is 11.5. The molecule has 0 unspecified atom stereocenters. The van der Waals surface area contributed by atoms with Crippen LogP contribution in [0.15, 0.2) is 54.9 Å². The molecule has 0 spiro atoms. The first-order valence-corrected chi connectivity index (χ1v) is 6.09. The van der Waals surface area contributed by atoms with Gasteiger partial charge in [0.15, 0.2) is 0 Å². The van der Waals surface area contributed by atoms with Gasteiger partial charge in [0.1, 0.15) is 5.65 Å². The van der Waals surface area contributed by atoms with Gasteiger partial charge in [-0.05, 0) is 17.7 Å². The van der Waals surface area contributed by atoms with Gasteiger partial charge in [-0.2, -0.15) is 0 Å². The Kier molecular flexibility index (Phi) is 2.98. The van der Waals surface area contributed by atoms with Crippen molar-refractivity contribution in [3.8, 4) is 0 Å². The number of nitrogens with one attached hydrogen (secondary N) is 2. The summed E-state index contributed by atoms with van der Waals surface area (Å²) in [6.07, 6.45) is 3.39. The van der Waals surface area contributed by atoms with Crippen molar-refractivity contribution in [3.05, 3.63) is 66.0 Å². The minimum atomic E-state index is -0.0943. The third-order valence-electron chi connectivity index (χ3n) is 2.99. The molecule has 4 nitrogen and oxygen atoms in total. The molecule has 1 aromatic carbocycles. The van der Waals surface area contributed by atoms with E-state index in [0.29, 0.717) is 12.1 Å². The number of hydrogen-bond acceptors (Lipinski definition) is 2. The van der Waals surface area contributed by atoms with Crippen molar-refractivity contribution in [1.29, 1.82) is 0 Å². The molecule has 0 saturated heterocycles. The number of H-pyrrole nitrogens is 1. The van der Waals surface area contributed by atoms with E-state index in [2.05, 4.69) is 15.3 Å². The van der Waals surface area contributed by atoms with Gasteiger partial charge in [-0.15, -0.1) is 0 Å². The van der Waals surface area contributed by atoms with Gasteiger partial charge < -0.3 is 10.3 Å². The SMILES string of the molecule is O=C(NCc1ccccc1)c1c[nH]c2ncccc12. The molecule has 4 heteroatoms. The Morgan fingerprint density at radius 3 is 2.84 bits per heavy atom. The van der Waals surface area contributed by atoms with Crippen LogP contribution in [-0.4, -0.2) is 15.9 Å². The number of nitrogens with zero attached hydrogens (tertiary/aromatic N) is 1. The fourth-order valence-corrected chi connectivity index (χ4v) is 2.02. The number of fused-ring (bicyclic) bond motifs is 1. The summed E-state index contributed by atoms with van der Waals surface area (Å²) in [6, 6.07) is 13.5. The first-order valence-electron chi connectivity index (χ1n) is 6.09. The molecular formula is C15H13N3O. The van der Waals surface area contributed by atoms with Crippen molar-refractivity contribution >= 4 is 16.9 Å². The minimum absolute atomic E-state index is 0.0943. The molecule has 0 bridgehead atoms. The van der Waals surface area contributed by atoms with E-state index in [1.807, 2.05) is 42.5 Å². The maximum Gasteiger partial charge on any atom is 0.253 e. The van der Waals surface area contributed by atoms with E-state index >= 15 is 0 Å². The monoisotopic (exact) mass is 251 g/mol. The van der Waals surface area contributed by atoms with Gasteiger partial charge in [-0.1, -0.05) is 30.3 Å². The lowest BCUT2D eigenvalue weighted by Gasteiger charge is -2.04. The Hall–Kier alpha value is -2.62. The van der Waals surface area contributed by atoms with E-state index in [-0.39, 0.29) is 5.91 Å². The zero-order valence-corrected chi connectivity index (χ0v) is 10.3. The predicted molar refractivity (Wildman–Crippen MR) is 73.7 cm³/mol. The summed E-state index contributed by atoms with van der Waals surface area (Å²) >= 11 is 0. The van der Waals surface area contributed by atoms with Crippen molar-refractivity contribution in [2.24, 2.45) is 0 Å². The van der Waals surface area contributed by atoms with E-state index in [9.17, 15) is 4.79 Å². The van der Waals surface area contributed by atoms with Crippen LogP contribution in [0.1, 0.15) is 15.9 Å². The van der Waals surface area contributed by atoms with Crippen molar-refractivity contribution in [1.82, 2.24) is 15.3 Å². The molecule has 0 saturated carbocycles. The number of aromatic amines is 1. The van der Waals surface area contributed by atoms with Crippen molar-refractivity contribution in [2.75, 3.05) is 0 Å². The highest BCUT2D eigenvalue weighted by Crippen LogP contribution is 2.15. The largest absolute Gasteiger partial charge is 0.348 e. The number of rotatable bonds is 3. The molecular weight excluding hydrogens is 238 g/mol. The Bertz CT molecular complexity index is 703. The number of amides is 1. The fourth-order valence-electron chi connectivity index (χ4n) is 2.02. The molecule has 2 N–H and O–H groups in total. The lowest BCUT2D eigenvalue weighted by Crippen LogP contribution is -2.22. The minimum Gasteiger partial charge on any atom is -0.348 e. The van der Waals surface area contributed by atoms with Crippen LogP contribution in [0.25, 0.3) is 11.0 Å². The molecule has 94 valence electrons. The maximum absolute atomic E-state index is 12.1. The Morgan fingerprint density at radius 1 is 1.16 bits per heavy atom. The van der Waals surface area contributed by atoms with Crippen LogP contribution in [-0.2, 0) is 6.54 Å². The average Bonchev–Trinajstić information content (AvgIpc) is 2.90. The molecule has 2 aromatic heterocycles. The van der Waals surface area contributed by atoms with Gasteiger partial charge in [0.25, 0.3) is 5.91 Å². The van der Waals surface area contributed by atoms with E-state index in [1.54, 1.807) is 12.4 Å². The van der Waals surface area contributed by atoms with Crippen LogP contribution in [0.5, 0.6) is 0 Å². The van der Waals surface area contributed by atoms with Crippen molar-refractivity contribution in [2.45, 2.75) is 6.54 Å². The fraction of sp³-hybridized carbons (Fsp3) is 0.0667. The normalized spacial score (nSPS) is 10.5. The highest BCUT2D eigenvalue weighted by Gasteiger charge is 2.11. The van der Waals surface area contributed by atoms with Crippen LogP contribution in [0.2, 0.25) is 0 Å². The summed E-state index contributed by atoms with van der Waals surface area (Å²) in [5.41, 5.74) is 2.43. The van der Waals surface area contributed by atoms with Gasteiger partial charge in [0, 0.05) is 24.3 Å². The van der Waals surface area contributed by atoms with Gasteiger partial charge >= 0.3 is 0 Å². The third-order valence-corrected chi connectivity index (χ3v) is 2.99. The predicted octanol–water partition coefficient (Wildman–Crippen LogP) is 2.49. The van der Waals surface area contributed by atoms with Crippen molar-refractivity contribution < 1.29 is 4.79 Å². The molecule has 0 fully saturated rings. The summed E-state index contributed by atoms with van der Waals surface area (Å²) in [5, 5.41) is 3.75. The quantitative estimate of drug-likeness (QED) is 0.751. The smallest absolute Gasteiger partial charge is 0.253 e. The molecule has 3 aromatic rings. The number of pyridine rings is 1. The van der Waals surface area contributed by atoms with E-state index in [4.69, 9.17) is 0 Å². The van der Waals surface area contributed by atoms with Crippen LogP contribution in [0.3, 0.4) is 0 Å². The lowest BCUT2D eigenvalue weighted by atomic mass is 10.2. The first-order chi connectivity index (χ1) is 9.34. The van der Waals surface area contributed by atoms with Crippen LogP contribution < -0.4 is 5.32 Å². The van der Waals surface area contributed by atoms with E-state index in [0.717, 1.165) is 16.6 Å². The highest BCUT2D eigenvalue weighted by molar-refractivity contribution is 6.05. The molecule has 0 aliphatic carbocycles. The van der Waals surface area contributed by atoms with Gasteiger partial charge in [0.05, 0.1) is 5.56 Å². The molecule has 19 heavy (non-hydrogen) atoms. The molecule has 0 atom stereocenters. The summed E-state index contributed by atoms with van der Waals surface area (Å²) in [5.74, 6) is -0.0943. The van der Waals surface area contributed by atoms with Crippen LogP contribution >= 0.6 is 0 Å². The Balaban J connectivity index is 1.77. The van der Waals surface area contributed by atoms with Gasteiger partial charge in [-0.25, -0.2) is 4.98 Å². The summed E-state index contributed by atoms with van der Waals surface area (Å²) in [7, 11) is 0.